The summed E-state index contributed by atoms with van der Waals surface area (Å²) < 4.78 is 1.99. The second-order valence-corrected chi connectivity index (χ2v) is 8.74. The smallest absolute Gasteiger partial charge is 0.233 e. The highest BCUT2D eigenvalue weighted by atomic mass is 16.2. The molecule has 2 aromatic rings. The van der Waals surface area contributed by atoms with E-state index < -0.39 is 0 Å². The zero-order chi connectivity index (χ0) is 20.7. The van der Waals surface area contributed by atoms with Gasteiger partial charge in [0.05, 0.1) is 11.8 Å². The van der Waals surface area contributed by atoms with Gasteiger partial charge in [-0.05, 0) is 37.8 Å². The third kappa shape index (κ3) is 3.28. The molecule has 5 rings (SSSR count). The third-order valence-corrected chi connectivity index (χ3v) is 6.96. The van der Waals surface area contributed by atoms with Crippen LogP contribution in [-0.2, 0) is 14.4 Å². The lowest BCUT2D eigenvalue weighted by Crippen LogP contribution is -2.42. The summed E-state index contributed by atoms with van der Waals surface area (Å²) in [6.07, 6.45) is 7.66. The molecule has 2 aliphatic heterocycles. The molecule has 0 spiro atoms. The highest BCUT2D eigenvalue weighted by molar-refractivity contribution is 6.05. The fraction of sp³-hybridized carbons (Fsp3) is 0.591. The molecule has 2 aromatic heterocycles. The predicted octanol–water partition coefficient (Wildman–Crippen LogP) is 2.00. The number of nitrogens with zero attached hydrogens (tertiary/aromatic N) is 5. The van der Waals surface area contributed by atoms with Crippen LogP contribution in [0, 0.1) is 11.8 Å². The lowest BCUT2D eigenvalue weighted by molar-refractivity contribution is -0.141. The first-order valence-corrected chi connectivity index (χ1v) is 11.1. The minimum atomic E-state index is -0.151. The molecule has 0 bridgehead atoms. The summed E-state index contributed by atoms with van der Waals surface area (Å²) in [5, 5.41) is 8.59. The van der Waals surface area contributed by atoms with Crippen LogP contribution in [0.25, 0.3) is 5.65 Å². The molecule has 8 nitrogen and oxygen atoms in total. The molecule has 158 valence electrons. The van der Waals surface area contributed by atoms with Crippen LogP contribution in [0.1, 0.15) is 56.7 Å². The van der Waals surface area contributed by atoms with Crippen LogP contribution in [0.5, 0.6) is 0 Å². The Morgan fingerprint density at radius 2 is 1.77 bits per heavy atom. The molecular formula is C22H27N5O3. The van der Waals surface area contributed by atoms with Crippen molar-refractivity contribution in [3.63, 3.8) is 0 Å². The second-order valence-electron chi connectivity index (χ2n) is 8.74. The van der Waals surface area contributed by atoms with E-state index in [-0.39, 0.29) is 48.4 Å². The predicted molar refractivity (Wildman–Crippen MR) is 108 cm³/mol. The highest BCUT2D eigenvalue weighted by Crippen LogP contribution is 2.38. The van der Waals surface area contributed by atoms with Gasteiger partial charge in [0.25, 0.3) is 0 Å². The van der Waals surface area contributed by atoms with Gasteiger partial charge >= 0.3 is 0 Å². The maximum absolute atomic E-state index is 12.9. The summed E-state index contributed by atoms with van der Waals surface area (Å²) in [5.74, 6) is 0.593. The van der Waals surface area contributed by atoms with Crippen molar-refractivity contribution in [3.8, 4) is 0 Å². The number of fused-ring (bicyclic) bond motifs is 2. The number of rotatable bonds is 4. The molecule has 3 amide bonds. The van der Waals surface area contributed by atoms with Crippen molar-refractivity contribution in [2.75, 3.05) is 19.6 Å². The largest absolute Gasteiger partial charge is 0.342 e. The van der Waals surface area contributed by atoms with Gasteiger partial charge in [0.2, 0.25) is 17.7 Å². The van der Waals surface area contributed by atoms with Crippen molar-refractivity contribution in [2.24, 2.45) is 11.8 Å². The Morgan fingerprint density at radius 1 is 1.00 bits per heavy atom. The lowest BCUT2D eigenvalue weighted by Gasteiger charge is -2.32. The van der Waals surface area contributed by atoms with Gasteiger partial charge in [0.15, 0.2) is 5.65 Å². The van der Waals surface area contributed by atoms with E-state index in [0.717, 1.165) is 50.0 Å². The number of hydrogen-bond acceptors (Lipinski definition) is 5. The first-order chi connectivity index (χ1) is 14.6. The third-order valence-electron chi connectivity index (χ3n) is 6.96. The van der Waals surface area contributed by atoms with Crippen LogP contribution in [-0.4, -0.2) is 61.8 Å². The van der Waals surface area contributed by atoms with E-state index in [0.29, 0.717) is 13.1 Å². The number of pyridine rings is 1. The Bertz CT molecular complexity index is 962. The summed E-state index contributed by atoms with van der Waals surface area (Å²) >= 11 is 0. The van der Waals surface area contributed by atoms with Gasteiger partial charge in [0.1, 0.15) is 5.82 Å². The maximum Gasteiger partial charge on any atom is 0.233 e. The van der Waals surface area contributed by atoms with E-state index in [2.05, 4.69) is 10.2 Å². The average molecular weight is 409 g/mol. The Labute approximate surface area is 175 Å². The van der Waals surface area contributed by atoms with Crippen molar-refractivity contribution in [1.82, 2.24) is 24.4 Å². The topological polar surface area (TPSA) is 87.9 Å². The highest BCUT2D eigenvalue weighted by Gasteiger charge is 2.48. The zero-order valence-corrected chi connectivity index (χ0v) is 17.1. The van der Waals surface area contributed by atoms with E-state index in [1.54, 1.807) is 0 Å². The minimum Gasteiger partial charge on any atom is -0.342 e. The number of amides is 3. The molecule has 0 aromatic carbocycles. The molecule has 3 aliphatic rings. The molecule has 2 saturated heterocycles. The van der Waals surface area contributed by atoms with Gasteiger partial charge in [0, 0.05) is 38.2 Å². The van der Waals surface area contributed by atoms with E-state index in [4.69, 9.17) is 0 Å². The van der Waals surface area contributed by atoms with E-state index >= 15 is 0 Å². The summed E-state index contributed by atoms with van der Waals surface area (Å²) in [6.45, 7) is 1.51. The van der Waals surface area contributed by atoms with Crippen LogP contribution in [0.3, 0.4) is 0 Å². The summed E-state index contributed by atoms with van der Waals surface area (Å²) in [6, 6.07) is 5.80. The monoisotopic (exact) mass is 409 g/mol. The number of aromatic nitrogens is 3. The Morgan fingerprint density at radius 3 is 2.53 bits per heavy atom. The Kier molecular flexibility index (Phi) is 5.00. The number of carbonyl (C=O) groups excluding carboxylic acids is 3. The zero-order valence-electron chi connectivity index (χ0n) is 17.1. The van der Waals surface area contributed by atoms with Crippen molar-refractivity contribution < 1.29 is 14.4 Å². The quantitative estimate of drug-likeness (QED) is 0.721. The molecule has 3 fully saturated rings. The molecule has 8 heteroatoms. The number of imide groups is 1. The molecule has 3 unspecified atom stereocenters. The Hall–Kier alpha value is -2.77. The van der Waals surface area contributed by atoms with Crippen LogP contribution in [0.2, 0.25) is 0 Å². The number of piperidine rings is 1. The van der Waals surface area contributed by atoms with E-state index in [9.17, 15) is 14.4 Å². The van der Waals surface area contributed by atoms with Gasteiger partial charge in [-0.25, -0.2) is 0 Å². The van der Waals surface area contributed by atoms with Gasteiger partial charge in [-0.2, -0.15) is 0 Å². The van der Waals surface area contributed by atoms with Crippen molar-refractivity contribution >= 4 is 23.4 Å². The van der Waals surface area contributed by atoms with Crippen LogP contribution in [0.4, 0.5) is 0 Å². The first-order valence-electron chi connectivity index (χ1n) is 11.1. The summed E-state index contributed by atoms with van der Waals surface area (Å²) in [7, 11) is 0. The molecule has 1 saturated carbocycles. The molecule has 0 N–H and O–H groups in total. The lowest BCUT2D eigenvalue weighted by atomic mass is 9.81. The van der Waals surface area contributed by atoms with Crippen molar-refractivity contribution in [1.29, 1.82) is 0 Å². The van der Waals surface area contributed by atoms with E-state index in [1.807, 2.05) is 33.7 Å². The maximum atomic E-state index is 12.9. The molecule has 1 aliphatic carbocycles. The van der Waals surface area contributed by atoms with E-state index in [1.165, 1.54) is 4.90 Å². The summed E-state index contributed by atoms with van der Waals surface area (Å²) in [5.41, 5.74) is 0.809. The second kappa shape index (κ2) is 7.81. The molecule has 30 heavy (non-hydrogen) atoms. The van der Waals surface area contributed by atoms with Crippen LogP contribution in [0.15, 0.2) is 24.4 Å². The van der Waals surface area contributed by atoms with Gasteiger partial charge in [-0.3, -0.25) is 23.7 Å². The fourth-order valence-electron chi connectivity index (χ4n) is 5.37. The summed E-state index contributed by atoms with van der Waals surface area (Å²) in [4.78, 5) is 41.4. The molecule has 0 radical (unpaired) electrons. The fourth-order valence-corrected chi connectivity index (χ4v) is 5.37. The van der Waals surface area contributed by atoms with Gasteiger partial charge in [-0.1, -0.05) is 18.9 Å². The first kappa shape index (κ1) is 19.2. The molecule has 4 heterocycles. The molecular weight excluding hydrogens is 382 g/mol. The standard InChI is InChI=1S/C22H27N5O3/c28-19(10-13-27-21(29)16-7-1-2-8-17(16)22(27)30)25-11-5-6-15(14-25)20-24-23-18-9-3-4-12-26(18)20/h3-4,9,12,15-17H,1-2,5-8,10-11,13-14H2. The van der Waals surface area contributed by atoms with Crippen molar-refractivity contribution in [3.05, 3.63) is 30.2 Å². The van der Waals surface area contributed by atoms with Crippen LogP contribution < -0.4 is 0 Å². The number of carbonyl (C=O) groups is 3. The average Bonchev–Trinajstić information content (AvgIpc) is 3.32. The van der Waals surface area contributed by atoms with Crippen molar-refractivity contribution in [2.45, 2.75) is 50.9 Å². The number of hydrogen-bond donors (Lipinski definition) is 0. The Balaban J connectivity index is 1.22. The van der Waals surface area contributed by atoms with Crippen LogP contribution >= 0.6 is 0 Å². The normalized spacial score (nSPS) is 27.0. The van der Waals surface area contributed by atoms with Gasteiger partial charge in [-0.15, -0.1) is 10.2 Å². The van der Waals surface area contributed by atoms with Gasteiger partial charge < -0.3 is 4.90 Å². The SMILES string of the molecule is O=C(CCN1C(=O)C2CCCCC2C1=O)N1CCCC(c2nnc3ccccn23)C1. The number of likely N-dealkylation sites (tertiary alicyclic amines) is 2. The molecule has 3 atom stereocenters. The minimum absolute atomic E-state index is 0.00370.